The van der Waals surface area contributed by atoms with Crippen LogP contribution in [0.3, 0.4) is 0 Å². The SMILES string of the molecule is COc1cccc(SC(C)C(=O)NCc2ccccc2)c1. The monoisotopic (exact) mass is 301 g/mol. The summed E-state index contributed by atoms with van der Waals surface area (Å²) in [6, 6.07) is 17.6. The van der Waals surface area contributed by atoms with E-state index in [2.05, 4.69) is 5.32 Å². The van der Waals surface area contributed by atoms with Gasteiger partial charge in [0.05, 0.1) is 12.4 Å². The molecule has 1 amide bonds. The van der Waals surface area contributed by atoms with Crippen LogP contribution in [-0.2, 0) is 11.3 Å². The first kappa shape index (κ1) is 15.4. The fourth-order valence-corrected chi connectivity index (χ4v) is 2.80. The van der Waals surface area contributed by atoms with Gasteiger partial charge in [0.1, 0.15) is 5.75 Å². The molecule has 2 aromatic rings. The Morgan fingerprint density at radius 1 is 1.19 bits per heavy atom. The van der Waals surface area contributed by atoms with Crippen LogP contribution in [0.25, 0.3) is 0 Å². The summed E-state index contributed by atoms with van der Waals surface area (Å²) in [4.78, 5) is 13.1. The van der Waals surface area contributed by atoms with E-state index in [1.165, 1.54) is 11.8 Å². The molecule has 2 aromatic carbocycles. The van der Waals surface area contributed by atoms with Crippen molar-refractivity contribution in [1.82, 2.24) is 5.32 Å². The molecule has 0 fully saturated rings. The van der Waals surface area contributed by atoms with Crippen molar-refractivity contribution < 1.29 is 9.53 Å². The molecule has 1 N–H and O–H groups in total. The van der Waals surface area contributed by atoms with Gasteiger partial charge in [0.15, 0.2) is 0 Å². The minimum atomic E-state index is -0.152. The van der Waals surface area contributed by atoms with Gasteiger partial charge in [-0.2, -0.15) is 0 Å². The average molecular weight is 301 g/mol. The zero-order valence-electron chi connectivity index (χ0n) is 12.2. The van der Waals surface area contributed by atoms with Gasteiger partial charge in [-0.15, -0.1) is 11.8 Å². The van der Waals surface area contributed by atoms with Gasteiger partial charge in [-0.3, -0.25) is 4.79 Å². The van der Waals surface area contributed by atoms with Crippen molar-refractivity contribution in [2.45, 2.75) is 23.6 Å². The summed E-state index contributed by atoms with van der Waals surface area (Å²) >= 11 is 1.52. The molecule has 1 atom stereocenters. The van der Waals surface area contributed by atoms with Crippen molar-refractivity contribution in [3.05, 3.63) is 60.2 Å². The lowest BCUT2D eigenvalue weighted by molar-refractivity contribution is -0.120. The van der Waals surface area contributed by atoms with Crippen molar-refractivity contribution in [3.63, 3.8) is 0 Å². The average Bonchev–Trinajstić information content (AvgIpc) is 2.53. The number of rotatable bonds is 6. The van der Waals surface area contributed by atoms with E-state index in [9.17, 15) is 4.79 Å². The lowest BCUT2D eigenvalue weighted by atomic mass is 10.2. The molecule has 0 aliphatic heterocycles. The third-order valence-electron chi connectivity index (χ3n) is 3.03. The van der Waals surface area contributed by atoms with Crippen LogP contribution in [0.1, 0.15) is 12.5 Å². The fourth-order valence-electron chi connectivity index (χ4n) is 1.86. The number of carbonyl (C=O) groups is 1. The standard InChI is InChI=1S/C17H19NO2S/c1-13(21-16-10-6-9-15(11-16)20-2)17(19)18-12-14-7-4-3-5-8-14/h3-11,13H,12H2,1-2H3,(H,18,19). The highest BCUT2D eigenvalue weighted by atomic mass is 32.2. The summed E-state index contributed by atoms with van der Waals surface area (Å²) in [5, 5.41) is 2.80. The number of ether oxygens (including phenoxy) is 1. The van der Waals surface area contributed by atoms with E-state index in [0.717, 1.165) is 16.2 Å². The molecule has 1 unspecified atom stereocenters. The Balaban J connectivity index is 1.87. The lowest BCUT2D eigenvalue weighted by Gasteiger charge is -2.12. The number of methoxy groups -OCH3 is 1. The highest BCUT2D eigenvalue weighted by Crippen LogP contribution is 2.26. The normalized spacial score (nSPS) is 11.7. The van der Waals surface area contributed by atoms with Crippen molar-refractivity contribution in [2.75, 3.05) is 7.11 Å². The molecule has 0 aliphatic rings. The van der Waals surface area contributed by atoms with Crippen LogP contribution in [-0.4, -0.2) is 18.3 Å². The molecule has 0 saturated heterocycles. The minimum absolute atomic E-state index is 0.0340. The zero-order valence-corrected chi connectivity index (χ0v) is 13.0. The minimum Gasteiger partial charge on any atom is -0.497 e. The van der Waals surface area contributed by atoms with Gasteiger partial charge in [-0.25, -0.2) is 0 Å². The topological polar surface area (TPSA) is 38.3 Å². The fraction of sp³-hybridized carbons (Fsp3) is 0.235. The van der Waals surface area contributed by atoms with Gasteiger partial charge in [0.25, 0.3) is 0 Å². The molecular weight excluding hydrogens is 282 g/mol. The maximum atomic E-state index is 12.1. The van der Waals surface area contributed by atoms with E-state index in [4.69, 9.17) is 4.74 Å². The Hall–Kier alpha value is -1.94. The van der Waals surface area contributed by atoms with E-state index >= 15 is 0 Å². The van der Waals surface area contributed by atoms with Gasteiger partial charge in [0.2, 0.25) is 5.91 Å². The van der Waals surface area contributed by atoms with Gasteiger partial charge >= 0.3 is 0 Å². The van der Waals surface area contributed by atoms with Crippen LogP contribution in [0.5, 0.6) is 5.75 Å². The molecule has 0 bridgehead atoms. The molecule has 0 spiro atoms. The van der Waals surface area contributed by atoms with Crippen LogP contribution >= 0.6 is 11.8 Å². The van der Waals surface area contributed by atoms with E-state index in [-0.39, 0.29) is 11.2 Å². The molecule has 0 aromatic heterocycles. The van der Waals surface area contributed by atoms with Gasteiger partial charge in [0, 0.05) is 11.4 Å². The van der Waals surface area contributed by atoms with E-state index in [0.29, 0.717) is 6.54 Å². The largest absolute Gasteiger partial charge is 0.497 e. The second-order valence-corrected chi connectivity index (χ2v) is 6.06. The van der Waals surface area contributed by atoms with Crippen LogP contribution in [0.2, 0.25) is 0 Å². The second-order valence-electron chi connectivity index (χ2n) is 4.64. The van der Waals surface area contributed by atoms with E-state index in [1.807, 2.05) is 61.5 Å². The Morgan fingerprint density at radius 2 is 1.95 bits per heavy atom. The number of amides is 1. The number of hydrogen-bond donors (Lipinski definition) is 1. The van der Waals surface area contributed by atoms with Gasteiger partial charge in [-0.1, -0.05) is 36.4 Å². The molecule has 0 heterocycles. The highest BCUT2D eigenvalue weighted by molar-refractivity contribution is 8.00. The maximum Gasteiger partial charge on any atom is 0.233 e. The Labute approximate surface area is 129 Å². The number of thioether (sulfide) groups is 1. The quantitative estimate of drug-likeness (QED) is 0.830. The first-order chi connectivity index (χ1) is 10.2. The molecule has 2 rings (SSSR count). The summed E-state index contributed by atoms with van der Waals surface area (Å²) < 4.78 is 5.19. The summed E-state index contributed by atoms with van der Waals surface area (Å²) in [7, 11) is 1.64. The van der Waals surface area contributed by atoms with Crippen LogP contribution in [0.4, 0.5) is 0 Å². The summed E-state index contributed by atoms with van der Waals surface area (Å²) in [6.45, 7) is 2.47. The molecule has 0 aliphatic carbocycles. The molecule has 21 heavy (non-hydrogen) atoms. The highest BCUT2D eigenvalue weighted by Gasteiger charge is 2.14. The maximum absolute atomic E-state index is 12.1. The number of carbonyl (C=O) groups excluding carboxylic acids is 1. The molecule has 0 radical (unpaired) electrons. The van der Waals surface area contributed by atoms with Crippen molar-refractivity contribution in [2.24, 2.45) is 0 Å². The van der Waals surface area contributed by atoms with Crippen LogP contribution < -0.4 is 10.1 Å². The van der Waals surface area contributed by atoms with Gasteiger partial charge in [-0.05, 0) is 30.7 Å². The Morgan fingerprint density at radius 3 is 2.67 bits per heavy atom. The van der Waals surface area contributed by atoms with Gasteiger partial charge < -0.3 is 10.1 Å². The number of nitrogens with one attached hydrogen (secondary N) is 1. The van der Waals surface area contributed by atoms with E-state index < -0.39 is 0 Å². The third kappa shape index (κ3) is 4.83. The smallest absolute Gasteiger partial charge is 0.233 e. The van der Waals surface area contributed by atoms with Crippen LogP contribution in [0.15, 0.2) is 59.5 Å². The summed E-state index contributed by atoms with van der Waals surface area (Å²) in [5.41, 5.74) is 1.10. The van der Waals surface area contributed by atoms with Crippen molar-refractivity contribution >= 4 is 17.7 Å². The molecule has 110 valence electrons. The first-order valence-corrected chi connectivity index (χ1v) is 7.69. The Kier molecular flexibility index (Phi) is 5.69. The molecule has 4 heteroatoms. The number of benzene rings is 2. The number of hydrogen-bond acceptors (Lipinski definition) is 3. The van der Waals surface area contributed by atoms with Crippen LogP contribution in [0, 0.1) is 0 Å². The molecule has 3 nitrogen and oxygen atoms in total. The predicted molar refractivity (Wildman–Crippen MR) is 86.6 cm³/mol. The molecule has 0 saturated carbocycles. The third-order valence-corrected chi connectivity index (χ3v) is 4.13. The Bertz CT molecular complexity index is 586. The second kappa shape index (κ2) is 7.74. The predicted octanol–water partition coefficient (Wildman–Crippen LogP) is 3.49. The first-order valence-electron chi connectivity index (χ1n) is 6.81. The summed E-state index contributed by atoms with van der Waals surface area (Å²) in [5.74, 6) is 0.837. The van der Waals surface area contributed by atoms with E-state index in [1.54, 1.807) is 7.11 Å². The van der Waals surface area contributed by atoms with Crippen molar-refractivity contribution in [1.29, 1.82) is 0 Å². The molecular formula is C17H19NO2S. The lowest BCUT2D eigenvalue weighted by Crippen LogP contribution is -2.30. The van der Waals surface area contributed by atoms with Crippen molar-refractivity contribution in [3.8, 4) is 5.75 Å². The summed E-state index contributed by atoms with van der Waals surface area (Å²) in [6.07, 6.45) is 0. The zero-order chi connectivity index (χ0) is 15.1.